The van der Waals surface area contributed by atoms with E-state index in [-0.39, 0.29) is 36.4 Å². The van der Waals surface area contributed by atoms with Gasteiger partial charge in [-0.05, 0) is 42.5 Å². The molecule has 162 valence electrons. The fraction of sp³-hybridized carbons (Fsp3) is 0.476. The number of fused-ring (bicyclic) bond motifs is 1. The summed E-state index contributed by atoms with van der Waals surface area (Å²) in [5.41, 5.74) is 1.29. The molecular weight excluding hydrogens is 511 g/mol. The van der Waals surface area contributed by atoms with E-state index in [4.69, 9.17) is 0 Å². The number of guanidine groups is 1. The summed E-state index contributed by atoms with van der Waals surface area (Å²) >= 11 is 1.79. The van der Waals surface area contributed by atoms with E-state index in [1.807, 2.05) is 29.3 Å². The molecule has 1 amide bonds. The maximum atomic E-state index is 12.7. The molecule has 0 spiro atoms. The maximum absolute atomic E-state index is 12.7. The number of thiophene rings is 1. The molecule has 0 unspecified atom stereocenters. The van der Waals surface area contributed by atoms with Crippen molar-refractivity contribution in [1.82, 2.24) is 20.1 Å². The van der Waals surface area contributed by atoms with E-state index >= 15 is 0 Å². The molecule has 0 radical (unpaired) electrons. The monoisotopic (exact) mass is 540 g/mol. The summed E-state index contributed by atoms with van der Waals surface area (Å²) in [4.78, 5) is 29.7. The summed E-state index contributed by atoms with van der Waals surface area (Å²) in [7, 11) is 0. The Bertz CT molecular complexity index is 850. The molecule has 7 nitrogen and oxygen atoms in total. The van der Waals surface area contributed by atoms with Crippen LogP contribution in [0.4, 0.5) is 5.82 Å². The number of hydrogen-bond acceptors (Lipinski definition) is 5. The number of rotatable bonds is 4. The van der Waals surface area contributed by atoms with Gasteiger partial charge in [-0.25, -0.2) is 9.98 Å². The Morgan fingerprint density at radius 3 is 2.73 bits per heavy atom. The van der Waals surface area contributed by atoms with Crippen molar-refractivity contribution in [3.05, 3.63) is 46.3 Å². The number of piperazine rings is 1. The zero-order valence-corrected chi connectivity index (χ0v) is 20.4. The first-order chi connectivity index (χ1) is 14.2. The Kier molecular flexibility index (Phi) is 8.32. The van der Waals surface area contributed by atoms with E-state index in [2.05, 4.69) is 43.5 Å². The van der Waals surface area contributed by atoms with Crippen LogP contribution < -0.4 is 10.2 Å². The van der Waals surface area contributed by atoms with E-state index in [0.29, 0.717) is 6.54 Å². The predicted molar refractivity (Wildman–Crippen MR) is 133 cm³/mol. The van der Waals surface area contributed by atoms with Crippen LogP contribution in [0.3, 0.4) is 0 Å². The van der Waals surface area contributed by atoms with Gasteiger partial charge in [0.1, 0.15) is 12.4 Å². The van der Waals surface area contributed by atoms with E-state index in [9.17, 15) is 4.79 Å². The lowest BCUT2D eigenvalue weighted by molar-refractivity contribution is -0.130. The van der Waals surface area contributed by atoms with Crippen LogP contribution in [0, 0.1) is 0 Å². The number of hydrogen-bond donors (Lipinski definition) is 1. The van der Waals surface area contributed by atoms with Gasteiger partial charge in [0.2, 0.25) is 5.91 Å². The van der Waals surface area contributed by atoms with Gasteiger partial charge in [-0.2, -0.15) is 0 Å². The summed E-state index contributed by atoms with van der Waals surface area (Å²) < 4.78 is 0. The molecule has 0 atom stereocenters. The molecule has 2 aromatic rings. The fourth-order valence-corrected chi connectivity index (χ4v) is 4.71. The minimum Gasteiger partial charge on any atom is -0.357 e. The van der Waals surface area contributed by atoms with Crippen LogP contribution in [-0.4, -0.2) is 72.5 Å². The van der Waals surface area contributed by atoms with Gasteiger partial charge < -0.3 is 20.0 Å². The van der Waals surface area contributed by atoms with Crippen molar-refractivity contribution in [2.75, 3.05) is 50.7 Å². The number of aromatic nitrogens is 1. The van der Waals surface area contributed by atoms with E-state index < -0.39 is 0 Å². The molecule has 1 saturated heterocycles. The lowest BCUT2D eigenvalue weighted by Gasteiger charge is -2.37. The number of pyridine rings is 1. The number of nitrogens with one attached hydrogen (secondary N) is 1. The molecule has 30 heavy (non-hydrogen) atoms. The first kappa shape index (κ1) is 22.8. The topological polar surface area (TPSA) is 64.1 Å². The van der Waals surface area contributed by atoms with Crippen LogP contribution in [0.2, 0.25) is 0 Å². The molecule has 9 heteroatoms. The number of carbonyl (C=O) groups is 1. The second-order valence-corrected chi connectivity index (χ2v) is 8.27. The highest BCUT2D eigenvalue weighted by Crippen LogP contribution is 2.24. The SMILES string of the molecule is CCNC(=NCC(=O)N1CCc2sccc2C1)N1CCN(c2ccccn2)CC1.I. The normalized spacial score (nSPS) is 16.7. The Labute approximate surface area is 199 Å². The van der Waals surface area contributed by atoms with Gasteiger partial charge in [-0.1, -0.05) is 6.07 Å². The molecule has 0 saturated carbocycles. The number of aliphatic imine (C=N–C) groups is 1. The maximum Gasteiger partial charge on any atom is 0.244 e. The predicted octanol–water partition coefficient (Wildman–Crippen LogP) is 2.43. The molecule has 2 aromatic heterocycles. The van der Waals surface area contributed by atoms with Crippen LogP contribution in [-0.2, 0) is 17.8 Å². The largest absolute Gasteiger partial charge is 0.357 e. The lowest BCUT2D eigenvalue weighted by Crippen LogP contribution is -2.53. The molecule has 1 fully saturated rings. The lowest BCUT2D eigenvalue weighted by atomic mass is 10.1. The molecule has 0 bridgehead atoms. The van der Waals surface area contributed by atoms with Crippen molar-refractivity contribution in [1.29, 1.82) is 0 Å². The van der Waals surface area contributed by atoms with Gasteiger partial charge in [0.15, 0.2) is 5.96 Å². The zero-order chi connectivity index (χ0) is 20.1. The van der Waals surface area contributed by atoms with Crippen molar-refractivity contribution in [2.24, 2.45) is 4.99 Å². The highest BCUT2D eigenvalue weighted by atomic mass is 127. The minimum absolute atomic E-state index is 0. The third kappa shape index (κ3) is 5.42. The first-order valence-electron chi connectivity index (χ1n) is 10.3. The third-order valence-corrected chi connectivity index (χ3v) is 6.43. The Morgan fingerprint density at radius 1 is 1.17 bits per heavy atom. The Hall–Kier alpha value is -1.88. The van der Waals surface area contributed by atoms with Crippen LogP contribution in [0.5, 0.6) is 0 Å². The molecule has 0 aliphatic carbocycles. The summed E-state index contributed by atoms with van der Waals surface area (Å²) in [5.74, 6) is 1.95. The third-order valence-electron chi connectivity index (χ3n) is 5.41. The second kappa shape index (κ2) is 10.9. The second-order valence-electron chi connectivity index (χ2n) is 7.27. The van der Waals surface area contributed by atoms with Crippen molar-refractivity contribution < 1.29 is 4.79 Å². The quantitative estimate of drug-likeness (QED) is 0.367. The van der Waals surface area contributed by atoms with Gasteiger partial charge in [-0.3, -0.25) is 4.79 Å². The molecule has 2 aliphatic heterocycles. The average molecular weight is 540 g/mol. The summed E-state index contributed by atoms with van der Waals surface area (Å²) in [5, 5.41) is 5.47. The summed E-state index contributed by atoms with van der Waals surface area (Å²) in [6.07, 6.45) is 2.79. The molecular formula is C21H29IN6OS. The highest BCUT2D eigenvalue weighted by molar-refractivity contribution is 14.0. The molecule has 0 aromatic carbocycles. The smallest absolute Gasteiger partial charge is 0.244 e. The molecule has 1 N–H and O–H groups in total. The zero-order valence-electron chi connectivity index (χ0n) is 17.3. The van der Waals surface area contributed by atoms with Gasteiger partial charge in [-0.15, -0.1) is 35.3 Å². The number of nitrogens with zero attached hydrogens (tertiary/aromatic N) is 5. The molecule has 4 rings (SSSR count). The fourth-order valence-electron chi connectivity index (χ4n) is 3.82. The van der Waals surface area contributed by atoms with E-state index in [0.717, 1.165) is 57.5 Å². The molecule has 2 aliphatic rings. The van der Waals surface area contributed by atoms with E-state index in [1.165, 1.54) is 10.4 Å². The van der Waals surface area contributed by atoms with Crippen LogP contribution in [0.25, 0.3) is 0 Å². The van der Waals surface area contributed by atoms with Crippen molar-refractivity contribution in [3.8, 4) is 0 Å². The number of anilines is 1. The number of carbonyl (C=O) groups excluding carboxylic acids is 1. The van der Waals surface area contributed by atoms with Crippen molar-refractivity contribution >= 4 is 53.0 Å². The summed E-state index contributed by atoms with van der Waals surface area (Å²) in [6.45, 7) is 8.05. The Balaban J connectivity index is 0.00000256. The number of halogens is 1. The average Bonchev–Trinajstić information content (AvgIpc) is 3.25. The Morgan fingerprint density at radius 2 is 2.00 bits per heavy atom. The number of amides is 1. The highest BCUT2D eigenvalue weighted by Gasteiger charge is 2.23. The molecule has 4 heterocycles. The minimum atomic E-state index is 0. The summed E-state index contributed by atoms with van der Waals surface area (Å²) in [6, 6.07) is 8.14. The van der Waals surface area contributed by atoms with Gasteiger partial charge in [0.05, 0.1) is 0 Å². The first-order valence-corrected chi connectivity index (χ1v) is 11.1. The van der Waals surface area contributed by atoms with E-state index in [1.54, 1.807) is 11.3 Å². The van der Waals surface area contributed by atoms with Gasteiger partial charge >= 0.3 is 0 Å². The van der Waals surface area contributed by atoms with Crippen molar-refractivity contribution in [2.45, 2.75) is 19.9 Å². The standard InChI is InChI=1S/C21H28N6OS.HI/c1-2-22-21(26-12-10-25(11-13-26)19-5-3-4-8-23-19)24-15-20(28)27-9-6-18-17(16-27)7-14-29-18;/h3-5,7-8,14H,2,6,9-13,15-16H2,1H3,(H,22,24);1H. The van der Waals surface area contributed by atoms with Crippen molar-refractivity contribution in [3.63, 3.8) is 0 Å². The van der Waals surface area contributed by atoms with Gasteiger partial charge in [0, 0.05) is 56.9 Å². The van der Waals surface area contributed by atoms with Crippen LogP contribution in [0.1, 0.15) is 17.4 Å². The van der Waals surface area contributed by atoms with Crippen LogP contribution >= 0.6 is 35.3 Å². The van der Waals surface area contributed by atoms with Crippen LogP contribution in [0.15, 0.2) is 40.8 Å². The van der Waals surface area contributed by atoms with Gasteiger partial charge in [0.25, 0.3) is 0 Å².